The minimum Gasteiger partial charge on any atom is -0.370 e. The van der Waals surface area contributed by atoms with Gasteiger partial charge in [0.25, 0.3) is 0 Å². The summed E-state index contributed by atoms with van der Waals surface area (Å²) in [5.41, 5.74) is -0.179. The number of ether oxygens (including phenoxy) is 3. The molecule has 2 rings (SSSR count). The SMILES string of the molecule is [2H][C@]12OCC[C@H]1[C@@H](OC(C)(C)C)CO2. The van der Waals surface area contributed by atoms with Gasteiger partial charge in [0.2, 0.25) is 0 Å². The highest BCUT2D eigenvalue weighted by atomic mass is 16.7. The lowest BCUT2D eigenvalue weighted by Crippen LogP contribution is -2.32. The van der Waals surface area contributed by atoms with E-state index in [-0.39, 0.29) is 17.6 Å². The summed E-state index contributed by atoms with van der Waals surface area (Å²) in [5, 5.41) is 0. The zero-order valence-corrected chi connectivity index (χ0v) is 8.50. The highest BCUT2D eigenvalue weighted by Crippen LogP contribution is 2.34. The van der Waals surface area contributed by atoms with Crippen molar-refractivity contribution in [3.05, 3.63) is 0 Å². The lowest BCUT2D eigenvalue weighted by molar-refractivity contribution is -0.0929. The molecular weight excluding hydrogens is 168 g/mol. The van der Waals surface area contributed by atoms with Crippen molar-refractivity contribution in [1.29, 1.82) is 0 Å². The Morgan fingerprint density at radius 3 is 2.85 bits per heavy atom. The number of hydrogen-bond acceptors (Lipinski definition) is 3. The van der Waals surface area contributed by atoms with Gasteiger partial charge < -0.3 is 14.2 Å². The van der Waals surface area contributed by atoms with E-state index in [1.54, 1.807) is 0 Å². The Morgan fingerprint density at radius 1 is 1.38 bits per heavy atom. The molecule has 3 heteroatoms. The molecule has 0 aromatic rings. The third-order valence-electron chi connectivity index (χ3n) is 2.32. The van der Waals surface area contributed by atoms with Crippen molar-refractivity contribution in [3.63, 3.8) is 0 Å². The van der Waals surface area contributed by atoms with E-state index >= 15 is 0 Å². The first-order valence-electron chi connectivity index (χ1n) is 5.36. The van der Waals surface area contributed by atoms with Crippen LogP contribution in [0.15, 0.2) is 0 Å². The smallest absolute Gasteiger partial charge is 0.163 e. The van der Waals surface area contributed by atoms with Crippen LogP contribution >= 0.6 is 0 Å². The largest absolute Gasteiger partial charge is 0.370 e. The van der Waals surface area contributed by atoms with E-state index in [1.807, 2.05) is 20.8 Å². The van der Waals surface area contributed by atoms with Gasteiger partial charge in [0.15, 0.2) is 6.27 Å². The molecule has 13 heavy (non-hydrogen) atoms. The van der Waals surface area contributed by atoms with E-state index in [2.05, 4.69) is 0 Å². The van der Waals surface area contributed by atoms with Crippen molar-refractivity contribution in [2.24, 2.45) is 5.92 Å². The average Bonchev–Trinajstić information content (AvgIpc) is 2.49. The van der Waals surface area contributed by atoms with Crippen LogP contribution in [-0.4, -0.2) is 31.2 Å². The van der Waals surface area contributed by atoms with Crippen LogP contribution in [0, 0.1) is 5.92 Å². The summed E-state index contributed by atoms with van der Waals surface area (Å²) >= 11 is 0. The molecule has 0 spiro atoms. The Bertz CT molecular complexity index is 226. The summed E-state index contributed by atoms with van der Waals surface area (Å²) < 4.78 is 24.4. The molecule has 2 saturated heterocycles. The van der Waals surface area contributed by atoms with Crippen LogP contribution < -0.4 is 0 Å². The predicted octanol–water partition coefficient (Wildman–Crippen LogP) is 1.56. The highest BCUT2D eigenvalue weighted by molar-refractivity contribution is 4.85. The fourth-order valence-electron chi connectivity index (χ4n) is 1.85. The Balaban J connectivity index is 2.03. The monoisotopic (exact) mass is 187 g/mol. The summed E-state index contributed by atoms with van der Waals surface area (Å²) in [5.74, 6) is 0.0710. The fraction of sp³-hybridized carbons (Fsp3) is 1.00. The summed E-state index contributed by atoms with van der Waals surface area (Å²) in [6.07, 6.45) is -0.254. The number of hydrogen-bond donors (Lipinski definition) is 0. The molecule has 0 aromatic heterocycles. The molecule has 0 unspecified atom stereocenters. The third-order valence-corrected chi connectivity index (χ3v) is 2.32. The predicted molar refractivity (Wildman–Crippen MR) is 48.4 cm³/mol. The van der Waals surface area contributed by atoms with Gasteiger partial charge in [-0.05, 0) is 27.2 Å². The molecule has 0 aromatic carbocycles. The minimum atomic E-state index is -1.13. The molecule has 0 saturated carbocycles. The Kier molecular flexibility index (Phi) is 2.04. The Labute approximate surface area is 80.8 Å². The van der Waals surface area contributed by atoms with E-state index in [1.165, 1.54) is 0 Å². The van der Waals surface area contributed by atoms with E-state index < -0.39 is 6.27 Å². The lowest BCUT2D eigenvalue weighted by Gasteiger charge is -2.26. The first kappa shape index (κ1) is 8.21. The second-order valence-corrected chi connectivity index (χ2v) is 4.64. The van der Waals surface area contributed by atoms with Crippen LogP contribution in [0.1, 0.15) is 28.6 Å². The zero-order valence-electron chi connectivity index (χ0n) is 9.50. The molecule has 2 fully saturated rings. The molecule has 0 amide bonds. The molecule has 0 radical (unpaired) electrons. The number of rotatable bonds is 1. The first-order chi connectivity index (χ1) is 6.41. The van der Waals surface area contributed by atoms with Gasteiger partial charge in [-0.15, -0.1) is 0 Å². The van der Waals surface area contributed by atoms with Gasteiger partial charge in [-0.25, -0.2) is 0 Å². The second kappa shape index (κ2) is 3.23. The molecule has 2 aliphatic rings. The molecule has 0 bridgehead atoms. The average molecular weight is 187 g/mol. The van der Waals surface area contributed by atoms with Crippen molar-refractivity contribution in [3.8, 4) is 0 Å². The van der Waals surface area contributed by atoms with Crippen molar-refractivity contribution < 1.29 is 15.6 Å². The summed E-state index contributed by atoms with van der Waals surface area (Å²) in [6.45, 7) is 7.15. The molecule has 76 valence electrons. The minimum absolute atomic E-state index is 0.00926. The Morgan fingerprint density at radius 2 is 2.15 bits per heavy atom. The maximum absolute atomic E-state index is 7.91. The number of fused-ring (bicyclic) bond motifs is 1. The van der Waals surface area contributed by atoms with Gasteiger partial charge in [0.05, 0.1) is 26.3 Å². The van der Waals surface area contributed by atoms with Gasteiger partial charge in [-0.3, -0.25) is 0 Å². The summed E-state index contributed by atoms with van der Waals surface area (Å²) in [7, 11) is 0. The van der Waals surface area contributed by atoms with Crippen LogP contribution in [0.25, 0.3) is 0 Å². The summed E-state index contributed by atoms with van der Waals surface area (Å²) in [4.78, 5) is 0. The van der Waals surface area contributed by atoms with Crippen molar-refractivity contribution in [1.82, 2.24) is 0 Å². The van der Waals surface area contributed by atoms with Gasteiger partial charge in [0.1, 0.15) is 0 Å². The van der Waals surface area contributed by atoms with E-state index in [0.717, 1.165) is 6.42 Å². The van der Waals surface area contributed by atoms with Gasteiger partial charge >= 0.3 is 0 Å². The highest BCUT2D eigenvalue weighted by Gasteiger charge is 2.43. The molecule has 2 aliphatic heterocycles. The summed E-state index contributed by atoms with van der Waals surface area (Å²) in [6, 6.07) is 0. The van der Waals surface area contributed by atoms with Crippen LogP contribution in [0.2, 0.25) is 0 Å². The Hall–Kier alpha value is -0.120. The zero-order chi connectivity index (χ0) is 10.4. The standard InChI is InChI=1S/C10H18O3/c1-10(2,3)13-8-6-12-9-7(8)4-5-11-9/h7-9H,4-6H2,1-3H3/t7-,8-,9+/m0/s1/i9D. The molecule has 3 atom stereocenters. The maximum atomic E-state index is 7.91. The van der Waals surface area contributed by atoms with Crippen molar-refractivity contribution in [2.45, 2.75) is 45.2 Å². The van der Waals surface area contributed by atoms with Gasteiger partial charge in [0, 0.05) is 5.92 Å². The topological polar surface area (TPSA) is 27.7 Å². The maximum Gasteiger partial charge on any atom is 0.163 e. The van der Waals surface area contributed by atoms with E-state index in [4.69, 9.17) is 15.6 Å². The van der Waals surface area contributed by atoms with Crippen molar-refractivity contribution in [2.75, 3.05) is 13.2 Å². The molecular formula is C10H18O3. The normalized spacial score (nSPS) is 46.2. The first-order valence-corrected chi connectivity index (χ1v) is 4.86. The molecule has 3 nitrogen and oxygen atoms in total. The van der Waals surface area contributed by atoms with Crippen molar-refractivity contribution >= 4 is 0 Å². The molecule has 0 aliphatic carbocycles. The van der Waals surface area contributed by atoms with Crippen LogP contribution in [0.3, 0.4) is 0 Å². The second-order valence-electron chi connectivity index (χ2n) is 4.64. The van der Waals surface area contributed by atoms with Crippen LogP contribution in [0.5, 0.6) is 0 Å². The van der Waals surface area contributed by atoms with Crippen LogP contribution in [-0.2, 0) is 14.2 Å². The third kappa shape index (κ3) is 2.03. The molecule has 0 N–H and O–H groups in total. The quantitative estimate of drug-likeness (QED) is 0.623. The van der Waals surface area contributed by atoms with E-state index in [0.29, 0.717) is 13.2 Å². The van der Waals surface area contributed by atoms with E-state index in [9.17, 15) is 0 Å². The van der Waals surface area contributed by atoms with Gasteiger partial charge in [-0.2, -0.15) is 0 Å². The van der Waals surface area contributed by atoms with Crippen LogP contribution in [0.4, 0.5) is 0 Å². The lowest BCUT2D eigenvalue weighted by atomic mass is 10.0. The van der Waals surface area contributed by atoms with Gasteiger partial charge in [-0.1, -0.05) is 0 Å². The molecule has 2 heterocycles. The fourth-order valence-corrected chi connectivity index (χ4v) is 1.85.